The lowest BCUT2D eigenvalue weighted by Crippen LogP contribution is -2.14. The SMILES string of the molecule is O=C(COc1cccc(NC(=O)c2ccccc2[N+](=O)[O-])c1)c1ccc(F)cc1. The van der Waals surface area contributed by atoms with E-state index in [-0.39, 0.29) is 23.6 Å². The van der Waals surface area contributed by atoms with E-state index in [1.54, 1.807) is 18.2 Å². The van der Waals surface area contributed by atoms with Gasteiger partial charge in [-0.3, -0.25) is 19.7 Å². The molecular weight excluding hydrogens is 379 g/mol. The summed E-state index contributed by atoms with van der Waals surface area (Å²) in [5.41, 5.74) is 0.282. The van der Waals surface area contributed by atoms with Gasteiger partial charge >= 0.3 is 0 Å². The van der Waals surface area contributed by atoms with Gasteiger partial charge in [0.1, 0.15) is 17.1 Å². The number of para-hydroxylation sites is 1. The van der Waals surface area contributed by atoms with Crippen molar-refractivity contribution in [1.82, 2.24) is 0 Å². The van der Waals surface area contributed by atoms with E-state index in [0.29, 0.717) is 17.0 Å². The third kappa shape index (κ3) is 5.01. The number of ketones is 1. The Morgan fingerprint density at radius 1 is 1.00 bits per heavy atom. The number of benzene rings is 3. The molecule has 0 unspecified atom stereocenters. The van der Waals surface area contributed by atoms with Crippen LogP contribution in [0.4, 0.5) is 15.8 Å². The number of amides is 1. The van der Waals surface area contributed by atoms with E-state index >= 15 is 0 Å². The maximum Gasteiger partial charge on any atom is 0.282 e. The van der Waals surface area contributed by atoms with Crippen LogP contribution in [0.2, 0.25) is 0 Å². The van der Waals surface area contributed by atoms with Crippen LogP contribution in [0, 0.1) is 15.9 Å². The molecule has 0 radical (unpaired) electrons. The number of hydrogen-bond acceptors (Lipinski definition) is 5. The lowest BCUT2D eigenvalue weighted by molar-refractivity contribution is -0.385. The van der Waals surface area contributed by atoms with Crippen LogP contribution in [0.15, 0.2) is 72.8 Å². The first-order chi connectivity index (χ1) is 13.9. The number of nitrogens with one attached hydrogen (secondary N) is 1. The maximum absolute atomic E-state index is 12.9. The molecule has 0 spiro atoms. The summed E-state index contributed by atoms with van der Waals surface area (Å²) in [6.45, 7) is -0.271. The minimum atomic E-state index is -0.642. The molecule has 0 atom stereocenters. The van der Waals surface area contributed by atoms with Gasteiger partial charge in [0, 0.05) is 23.4 Å². The number of nitro benzene ring substituents is 1. The summed E-state index contributed by atoms with van der Waals surface area (Å²) in [7, 11) is 0. The Balaban J connectivity index is 1.67. The minimum Gasteiger partial charge on any atom is -0.485 e. The van der Waals surface area contributed by atoms with Crippen LogP contribution in [0.3, 0.4) is 0 Å². The molecule has 3 aromatic carbocycles. The predicted octanol–water partition coefficient (Wildman–Crippen LogP) is 4.25. The number of hydrogen-bond donors (Lipinski definition) is 1. The zero-order valence-corrected chi connectivity index (χ0v) is 15.0. The van der Waals surface area contributed by atoms with Gasteiger partial charge in [-0.1, -0.05) is 18.2 Å². The average Bonchev–Trinajstić information content (AvgIpc) is 2.72. The summed E-state index contributed by atoms with van der Waals surface area (Å²) >= 11 is 0. The highest BCUT2D eigenvalue weighted by Gasteiger charge is 2.19. The number of Topliss-reactive ketones (excluding diaryl/α,β-unsaturated/α-hetero) is 1. The smallest absolute Gasteiger partial charge is 0.282 e. The predicted molar refractivity (Wildman–Crippen MR) is 104 cm³/mol. The monoisotopic (exact) mass is 394 g/mol. The average molecular weight is 394 g/mol. The third-order valence-corrected chi connectivity index (χ3v) is 3.97. The Morgan fingerprint density at radius 2 is 1.72 bits per heavy atom. The first kappa shape index (κ1) is 19.7. The first-order valence-electron chi connectivity index (χ1n) is 8.50. The van der Waals surface area contributed by atoms with E-state index in [9.17, 15) is 24.1 Å². The van der Waals surface area contributed by atoms with E-state index in [1.165, 1.54) is 54.6 Å². The summed E-state index contributed by atoms with van der Waals surface area (Å²) in [6.07, 6.45) is 0. The minimum absolute atomic E-state index is 0.0738. The van der Waals surface area contributed by atoms with Gasteiger partial charge in [0.25, 0.3) is 11.6 Å². The van der Waals surface area contributed by atoms with Crippen molar-refractivity contribution in [2.24, 2.45) is 0 Å². The summed E-state index contributed by atoms with van der Waals surface area (Å²) in [4.78, 5) is 34.9. The number of carbonyl (C=O) groups excluding carboxylic acids is 2. The van der Waals surface area contributed by atoms with Crippen molar-refractivity contribution >= 4 is 23.1 Å². The van der Waals surface area contributed by atoms with E-state index in [4.69, 9.17) is 4.74 Å². The second kappa shape index (κ2) is 8.75. The maximum atomic E-state index is 12.9. The number of nitrogens with zero attached hydrogens (tertiary/aromatic N) is 1. The molecular formula is C21H15FN2O5. The van der Waals surface area contributed by atoms with Crippen molar-refractivity contribution in [3.8, 4) is 5.75 Å². The molecule has 1 N–H and O–H groups in total. The van der Waals surface area contributed by atoms with Crippen LogP contribution in [-0.2, 0) is 0 Å². The van der Waals surface area contributed by atoms with Crippen molar-refractivity contribution in [1.29, 1.82) is 0 Å². The highest BCUT2D eigenvalue weighted by Crippen LogP contribution is 2.22. The molecule has 0 aliphatic heterocycles. The van der Waals surface area contributed by atoms with Gasteiger partial charge in [0.2, 0.25) is 0 Å². The van der Waals surface area contributed by atoms with Gasteiger partial charge in [-0.2, -0.15) is 0 Å². The molecule has 3 aromatic rings. The molecule has 146 valence electrons. The van der Waals surface area contributed by atoms with Crippen molar-refractivity contribution in [2.45, 2.75) is 0 Å². The largest absolute Gasteiger partial charge is 0.485 e. The summed E-state index contributed by atoms with van der Waals surface area (Å²) < 4.78 is 18.4. The van der Waals surface area contributed by atoms with Gasteiger partial charge in [-0.05, 0) is 42.5 Å². The topological polar surface area (TPSA) is 98.5 Å². The second-order valence-electron chi connectivity index (χ2n) is 5.97. The fraction of sp³-hybridized carbons (Fsp3) is 0.0476. The van der Waals surface area contributed by atoms with Gasteiger partial charge < -0.3 is 10.1 Å². The number of ether oxygens (including phenoxy) is 1. The molecule has 0 fully saturated rings. The van der Waals surface area contributed by atoms with E-state index in [1.807, 2.05) is 0 Å². The number of halogens is 1. The van der Waals surface area contributed by atoms with Crippen LogP contribution < -0.4 is 10.1 Å². The normalized spacial score (nSPS) is 10.2. The summed E-state index contributed by atoms with van der Waals surface area (Å²) in [6, 6.07) is 17.0. The Kier molecular flexibility index (Phi) is 5.94. The van der Waals surface area contributed by atoms with E-state index in [2.05, 4.69) is 5.32 Å². The van der Waals surface area contributed by atoms with Crippen LogP contribution in [0.5, 0.6) is 5.75 Å². The van der Waals surface area contributed by atoms with Crippen LogP contribution in [-0.4, -0.2) is 23.2 Å². The zero-order chi connectivity index (χ0) is 20.8. The third-order valence-electron chi connectivity index (χ3n) is 3.97. The van der Waals surface area contributed by atoms with E-state index in [0.717, 1.165) is 0 Å². The van der Waals surface area contributed by atoms with Crippen molar-refractivity contribution < 1.29 is 23.6 Å². The highest BCUT2D eigenvalue weighted by molar-refractivity contribution is 6.07. The molecule has 0 aromatic heterocycles. The first-order valence-corrected chi connectivity index (χ1v) is 8.50. The Bertz CT molecular complexity index is 1070. The van der Waals surface area contributed by atoms with Gasteiger partial charge in [0.15, 0.2) is 12.4 Å². The molecule has 7 nitrogen and oxygen atoms in total. The number of rotatable bonds is 7. The van der Waals surface area contributed by atoms with E-state index < -0.39 is 16.6 Å². The molecule has 0 bridgehead atoms. The van der Waals surface area contributed by atoms with Crippen molar-refractivity contribution in [2.75, 3.05) is 11.9 Å². The lowest BCUT2D eigenvalue weighted by atomic mass is 10.1. The molecule has 0 aliphatic carbocycles. The highest BCUT2D eigenvalue weighted by atomic mass is 19.1. The molecule has 29 heavy (non-hydrogen) atoms. The zero-order valence-electron chi connectivity index (χ0n) is 15.0. The Hall–Kier alpha value is -4.07. The molecule has 3 rings (SSSR count). The summed E-state index contributed by atoms with van der Waals surface area (Å²) in [5.74, 6) is -1.10. The second-order valence-corrected chi connectivity index (χ2v) is 5.97. The van der Waals surface area contributed by atoms with Gasteiger partial charge in [-0.25, -0.2) is 4.39 Å². The van der Waals surface area contributed by atoms with Crippen LogP contribution >= 0.6 is 0 Å². The number of nitro groups is 1. The number of anilines is 1. The van der Waals surface area contributed by atoms with Crippen molar-refractivity contribution in [3.05, 3.63) is 99.9 Å². The fourth-order valence-corrected chi connectivity index (χ4v) is 2.55. The summed E-state index contributed by atoms with van der Waals surface area (Å²) in [5, 5.41) is 13.6. The fourth-order valence-electron chi connectivity index (χ4n) is 2.55. The Morgan fingerprint density at radius 3 is 2.45 bits per heavy atom. The molecule has 1 amide bonds. The van der Waals surface area contributed by atoms with Crippen molar-refractivity contribution in [3.63, 3.8) is 0 Å². The van der Waals surface area contributed by atoms with Gasteiger partial charge in [0.05, 0.1) is 4.92 Å². The van der Waals surface area contributed by atoms with Crippen LogP contribution in [0.1, 0.15) is 20.7 Å². The lowest BCUT2D eigenvalue weighted by Gasteiger charge is -2.09. The van der Waals surface area contributed by atoms with Gasteiger partial charge in [-0.15, -0.1) is 0 Å². The number of carbonyl (C=O) groups is 2. The molecule has 0 saturated heterocycles. The molecule has 0 saturated carbocycles. The van der Waals surface area contributed by atoms with Crippen LogP contribution in [0.25, 0.3) is 0 Å². The molecule has 8 heteroatoms. The molecule has 0 aliphatic rings. The molecule has 0 heterocycles. The quantitative estimate of drug-likeness (QED) is 0.367. The standard InChI is InChI=1S/C21H15FN2O5/c22-15-10-8-14(9-11-15)20(25)13-29-17-5-3-4-16(12-17)23-21(26)18-6-1-2-7-19(18)24(27)28/h1-12H,13H2,(H,23,26). The Labute approximate surface area is 164 Å².